The van der Waals surface area contributed by atoms with Gasteiger partial charge in [0.2, 0.25) is 0 Å². The van der Waals surface area contributed by atoms with Gasteiger partial charge in [0.15, 0.2) is 0 Å². The van der Waals surface area contributed by atoms with E-state index in [0.29, 0.717) is 42.0 Å². The third-order valence-electron chi connectivity index (χ3n) is 4.90. The number of benzene rings is 2. The molecule has 0 radical (unpaired) electrons. The number of carbonyl (C=O) groups is 1. The number of para-hydroxylation sites is 1. The van der Waals surface area contributed by atoms with Crippen molar-refractivity contribution in [2.75, 3.05) is 7.11 Å². The lowest BCUT2D eigenvalue weighted by atomic mass is 10.0. The summed E-state index contributed by atoms with van der Waals surface area (Å²) in [6, 6.07) is 17.4. The monoisotopic (exact) mass is 408 g/mol. The van der Waals surface area contributed by atoms with Crippen molar-refractivity contribution in [3.05, 3.63) is 95.1 Å². The third-order valence-corrected chi connectivity index (χ3v) is 4.90. The first-order valence-electron chi connectivity index (χ1n) is 9.84. The van der Waals surface area contributed by atoms with Gasteiger partial charge in [-0.05, 0) is 42.7 Å². The molecule has 5 nitrogen and oxygen atoms in total. The number of halogens is 1. The number of carbonyl (C=O) groups excluding carboxylic acids is 1. The molecule has 2 aromatic carbocycles. The van der Waals surface area contributed by atoms with E-state index in [9.17, 15) is 14.3 Å². The van der Waals surface area contributed by atoms with Crippen LogP contribution in [0.4, 0.5) is 4.39 Å². The Morgan fingerprint density at radius 3 is 2.60 bits per heavy atom. The summed E-state index contributed by atoms with van der Waals surface area (Å²) in [4.78, 5) is 17.0. The highest BCUT2D eigenvalue weighted by Gasteiger charge is 2.16. The maximum atomic E-state index is 13.8. The van der Waals surface area contributed by atoms with Crippen LogP contribution in [0.1, 0.15) is 33.6 Å². The van der Waals surface area contributed by atoms with E-state index in [-0.39, 0.29) is 18.1 Å². The second-order valence-electron chi connectivity index (χ2n) is 6.98. The number of nitrogens with one attached hydrogen (secondary N) is 1. The van der Waals surface area contributed by atoms with E-state index < -0.39 is 6.10 Å². The van der Waals surface area contributed by atoms with Crippen molar-refractivity contribution < 1.29 is 19.0 Å². The molecule has 1 aromatic heterocycles. The summed E-state index contributed by atoms with van der Waals surface area (Å²) in [6.07, 6.45) is 1.86. The highest BCUT2D eigenvalue weighted by molar-refractivity contribution is 5.95. The quantitative estimate of drug-likeness (QED) is 0.566. The molecule has 156 valence electrons. The molecule has 1 heterocycles. The second-order valence-corrected chi connectivity index (χ2v) is 6.98. The minimum atomic E-state index is -0.736. The number of methoxy groups -OCH3 is 1. The number of aromatic nitrogens is 1. The molecular weight excluding hydrogens is 383 g/mol. The van der Waals surface area contributed by atoms with Crippen molar-refractivity contribution in [2.45, 2.75) is 31.9 Å². The Morgan fingerprint density at radius 2 is 1.83 bits per heavy atom. The molecule has 0 unspecified atom stereocenters. The number of hydrogen-bond donors (Lipinski definition) is 2. The average Bonchev–Trinajstić information content (AvgIpc) is 2.77. The van der Waals surface area contributed by atoms with Crippen LogP contribution in [0.15, 0.2) is 66.9 Å². The lowest BCUT2D eigenvalue weighted by molar-refractivity contribution is 0.0948. The van der Waals surface area contributed by atoms with Crippen LogP contribution >= 0.6 is 0 Å². The Hall–Kier alpha value is -3.25. The molecule has 2 N–H and O–H groups in total. The highest BCUT2D eigenvalue weighted by Crippen LogP contribution is 2.18. The number of aliphatic hydroxyl groups excluding tert-OH is 1. The molecule has 0 aliphatic rings. The topological polar surface area (TPSA) is 71.5 Å². The van der Waals surface area contributed by atoms with Crippen LogP contribution in [0.5, 0.6) is 5.75 Å². The van der Waals surface area contributed by atoms with Crippen LogP contribution in [0.2, 0.25) is 0 Å². The molecule has 0 aliphatic heterocycles. The fourth-order valence-electron chi connectivity index (χ4n) is 3.28. The van der Waals surface area contributed by atoms with Gasteiger partial charge < -0.3 is 15.2 Å². The van der Waals surface area contributed by atoms with E-state index in [2.05, 4.69) is 10.3 Å². The third kappa shape index (κ3) is 5.64. The van der Waals surface area contributed by atoms with Gasteiger partial charge in [0.25, 0.3) is 5.91 Å². The molecule has 1 amide bonds. The molecule has 3 aromatic rings. The first kappa shape index (κ1) is 21.5. The number of aryl methyl sites for hydroxylation is 1. The van der Waals surface area contributed by atoms with Gasteiger partial charge in [-0.15, -0.1) is 0 Å². The fourth-order valence-corrected chi connectivity index (χ4v) is 3.28. The summed E-state index contributed by atoms with van der Waals surface area (Å²) in [5.74, 6) is 0.150. The number of hydrogen-bond acceptors (Lipinski definition) is 4. The van der Waals surface area contributed by atoms with Crippen molar-refractivity contribution >= 4 is 5.91 Å². The lowest BCUT2D eigenvalue weighted by Gasteiger charge is -2.14. The van der Waals surface area contributed by atoms with Crippen molar-refractivity contribution in [1.82, 2.24) is 10.3 Å². The van der Waals surface area contributed by atoms with E-state index in [1.54, 1.807) is 43.6 Å². The summed E-state index contributed by atoms with van der Waals surface area (Å²) in [5, 5.41) is 13.3. The van der Waals surface area contributed by atoms with Gasteiger partial charge >= 0.3 is 0 Å². The smallest absolute Gasteiger partial charge is 0.253 e. The summed E-state index contributed by atoms with van der Waals surface area (Å²) in [7, 11) is 1.59. The Balaban J connectivity index is 1.62. The maximum absolute atomic E-state index is 13.8. The van der Waals surface area contributed by atoms with Gasteiger partial charge in [0.1, 0.15) is 11.6 Å². The second kappa shape index (κ2) is 10.5. The zero-order valence-electron chi connectivity index (χ0n) is 16.8. The zero-order valence-corrected chi connectivity index (χ0v) is 16.8. The SMILES string of the molecule is COc1ccccc1CNC(=O)c1cccnc1C[C@H](O)CCc1ccccc1F. The molecule has 0 fully saturated rings. The summed E-state index contributed by atoms with van der Waals surface area (Å²) < 4.78 is 19.1. The van der Waals surface area contributed by atoms with Gasteiger partial charge in [-0.1, -0.05) is 36.4 Å². The Bertz CT molecular complexity index is 993. The van der Waals surface area contributed by atoms with Crippen LogP contribution in [0.25, 0.3) is 0 Å². The molecule has 0 spiro atoms. The Labute approximate surface area is 175 Å². The number of rotatable bonds is 9. The van der Waals surface area contributed by atoms with Crippen molar-refractivity contribution in [3.63, 3.8) is 0 Å². The first-order chi connectivity index (χ1) is 14.6. The van der Waals surface area contributed by atoms with E-state index in [4.69, 9.17) is 4.74 Å². The standard InChI is InChI=1S/C24H25FN2O3/c1-30-23-11-5-3-8-18(23)16-27-24(29)20-9-6-14-26-22(20)15-19(28)13-12-17-7-2-4-10-21(17)25/h2-11,14,19,28H,12-13,15-16H2,1H3,(H,27,29)/t19-/m1/s1. The number of pyridine rings is 1. The predicted octanol–water partition coefficient (Wildman–Crippen LogP) is 3.70. The Morgan fingerprint density at radius 1 is 1.10 bits per heavy atom. The molecule has 0 bridgehead atoms. The zero-order chi connectivity index (χ0) is 21.3. The molecule has 0 saturated heterocycles. The van der Waals surface area contributed by atoms with E-state index in [0.717, 1.165) is 5.56 Å². The summed E-state index contributed by atoms with van der Waals surface area (Å²) in [5.41, 5.74) is 2.35. The van der Waals surface area contributed by atoms with Crippen LogP contribution in [0.3, 0.4) is 0 Å². The van der Waals surface area contributed by atoms with Gasteiger partial charge in [-0.25, -0.2) is 4.39 Å². The number of nitrogens with zero attached hydrogens (tertiary/aromatic N) is 1. The molecule has 0 aliphatic carbocycles. The number of amides is 1. The Kier molecular flexibility index (Phi) is 7.51. The molecule has 3 rings (SSSR count). The molecule has 0 saturated carbocycles. The summed E-state index contributed by atoms with van der Waals surface area (Å²) >= 11 is 0. The lowest BCUT2D eigenvalue weighted by Crippen LogP contribution is -2.26. The first-order valence-corrected chi connectivity index (χ1v) is 9.84. The van der Waals surface area contributed by atoms with Crippen molar-refractivity contribution in [2.24, 2.45) is 0 Å². The molecule has 30 heavy (non-hydrogen) atoms. The van der Waals surface area contributed by atoms with Gasteiger partial charge in [-0.2, -0.15) is 0 Å². The number of ether oxygens (including phenoxy) is 1. The minimum absolute atomic E-state index is 0.215. The van der Waals surface area contributed by atoms with Gasteiger partial charge in [-0.3, -0.25) is 9.78 Å². The molecule has 6 heteroatoms. The van der Waals surface area contributed by atoms with E-state index >= 15 is 0 Å². The largest absolute Gasteiger partial charge is 0.496 e. The van der Waals surface area contributed by atoms with Crippen LogP contribution in [-0.2, 0) is 19.4 Å². The van der Waals surface area contributed by atoms with Gasteiger partial charge in [0.05, 0.1) is 24.5 Å². The van der Waals surface area contributed by atoms with Crippen molar-refractivity contribution in [3.8, 4) is 5.75 Å². The fraction of sp³-hybridized carbons (Fsp3) is 0.250. The van der Waals surface area contributed by atoms with Crippen molar-refractivity contribution in [1.29, 1.82) is 0 Å². The normalized spacial score (nSPS) is 11.7. The predicted molar refractivity (Wildman–Crippen MR) is 113 cm³/mol. The highest BCUT2D eigenvalue weighted by atomic mass is 19.1. The van der Waals surface area contributed by atoms with Gasteiger partial charge in [0, 0.05) is 24.7 Å². The van der Waals surface area contributed by atoms with E-state index in [1.165, 1.54) is 6.07 Å². The average molecular weight is 408 g/mol. The molecule has 1 atom stereocenters. The van der Waals surface area contributed by atoms with Crippen LogP contribution in [0, 0.1) is 5.82 Å². The number of aliphatic hydroxyl groups is 1. The van der Waals surface area contributed by atoms with Crippen LogP contribution in [-0.4, -0.2) is 29.2 Å². The maximum Gasteiger partial charge on any atom is 0.253 e. The molecular formula is C24H25FN2O3. The summed E-state index contributed by atoms with van der Waals surface area (Å²) in [6.45, 7) is 0.313. The minimum Gasteiger partial charge on any atom is -0.496 e. The van der Waals surface area contributed by atoms with Crippen LogP contribution < -0.4 is 10.1 Å². The van der Waals surface area contributed by atoms with E-state index in [1.807, 2.05) is 24.3 Å².